The molecule has 7 heteroatoms. The van der Waals surface area contributed by atoms with Crippen LogP contribution in [0.2, 0.25) is 0 Å². The molecule has 1 rings (SSSR count). The quantitative estimate of drug-likeness (QED) is 0.543. The van der Waals surface area contributed by atoms with Gasteiger partial charge in [0.1, 0.15) is 5.56 Å². The number of halogens is 4. The van der Waals surface area contributed by atoms with Gasteiger partial charge in [0, 0.05) is 0 Å². The van der Waals surface area contributed by atoms with E-state index >= 15 is 0 Å². The molecule has 1 N–H and O–H groups in total. The molecule has 0 aromatic carbocycles. The lowest BCUT2D eigenvalue weighted by atomic mass is 10.2. The first-order valence-corrected chi connectivity index (χ1v) is 2.88. The molecule has 0 bridgehead atoms. The van der Waals surface area contributed by atoms with Crippen LogP contribution in [0.4, 0.5) is 17.6 Å². The molecule has 0 saturated carbocycles. The molecule has 70 valence electrons. The second kappa shape index (κ2) is 3.00. The van der Waals surface area contributed by atoms with Crippen LogP contribution in [0, 0.1) is 23.5 Å². The Morgan fingerprint density at radius 3 is 1.77 bits per heavy atom. The highest BCUT2D eigenvalue weighted by molar-refractivity contribution is 5.88. The molecular weight excluding hydrogens is 194 g/mol. The molecule has 0 atom stereocenters. The normalized spacial score (nSPS) is 10.2. The Labute approximate surface area is 68.6 Å². The lowest BCUT2D eigenvalue weighted by Gasteiger charge is -1.99. The van der Waals surface area contributed by atoms with E-state index < -0.39 is 35.1 Å². The molecule has 0 unspecified atom stereocenters. The fraction of sp³-hybridized carbons (Fsp3) is 0. The van der Waals surface area contributed by atoms with Crippen molar-refractivity contribution in [2.24, 2.45) is 0 Å². The van der Waals surface area contributed by atoms with Crippen LogP contribution in [0.5, 0.6) is 0 Å². The third-order valence-corrected chi connectivity index (χ3v) is 1.21. The number of hydrogen-bond donors (Lipinski definition) is 1. The zero-order valence-electron chi connectivity index (χ0n) is 5.81. The van der Waals surface area contributed by atoms with Gasteiger partial charge in [-0.15, -0.1) is 0 Å². The minimum Gasteiger partial charge on any atom is -0.477 e. The first-order chi connectivity index (χ1) is 5.95. The maximum atomic E-state index is 12.5. The van der Waals surface area contributed by atoms with E-state index in [9.17, 15) is 22.4 Å². The third-order valence-electron chi connectivity index (χ3n) is 1.21. The first-order valence-electron chi connectivity index (χ1n) is 2.88. The molecule has 0 radical (unpaired) electrons. The predicted molar refractivity (Wildman–Crippen MR) is 31.0 cm³/mol. The predicted octanol–water partition coefficient (Wildman–Crippen LogP) is 1.34. The number of aromatic carboxylic acids is 1. The Morgan fingerprint density at radius 2 is 1.46 bits per heavy atom. The summed E-state index contributed by atoms with van der Waals surface area (Å²) in [6.45, 7) is 0. The summed E-state index contributed by atoms with van der Waals surface area (Å²) in [5, 5.41) is 8.15. The van der Waals surface area contributed by atoms with E-state index in [1.807, 2.05) is 0 Å². The summed E-state index contributed by atoms with van der Waals surface area (Å²) in [6, 6.07) is 0. The number of hydrogen-bond acceptors (Lipinski definition) is 2. The smallest absolute Gasteiger partial charge is 0.342 e. The Kier molecular flexibility index (Phi) is 2.18. The van der Waals surface area contributed by atoms with E-state index in [1.165, 1.54) is 0 Å². The van der Waals surface area contributed by atoms with Crippen molar-refractivity contribution in [2.45, 2.75) is 0 Å². The van der Waals surface area contributed by atoms with Gasteiger partial charge in [0.05, 0.1) is 0 Å². The molecule has 0 amide bonds. The van der Waals surface area contributed by atoms with Crippen molar-refractivity contribution in [3.8, 4) is 0 Å². The summed E-state index contributed by atoms with van der Waals surface area (Å²) < 4.78 is 49.4. The Bertz CT molecular complexity index is 353. The van der Waals surface area contributed by atoms with Crippen LogP contribution in [-0.4, -0.2) is 16.1 Å². The molecule has 3 nitrogen and oxygen atoms in total. The fourth-order valence-corrected chi connectivity index (χ4v) is 0.675. The van der Waals surface area contributed by atoms with E-state index in [0.717, 1.165) is 0 Å². The number of carboxylic acid groups (broad SMARTS) is 1. The number of aromatic nitrogens is 1. The van der Waals surface area contributed by atoms with Crippen molar-refractivity contribution in [3.63, 3.8) is 0 Å². The van der Waals surface area contributed by atoms with Crippen LogP contribution < -0.4 is 0 Å². The Balaban J connectivity index is 3.56. The molecule has 13 heavy (non-hydrogen) atoms. The van der Waals surface area contributed by atoms with Gasteiger partial charge >= 0.3 is 5.97 Å². The van der Waals surface area contributed by atoms with Gasteiger partial charge in [-0.05, 0) is 0 Å². The summed E-state index contributed by atoms with van der Waals surface area (Å²) >= 11 is 0. The molecule has 1 aromatic rings. The van der Waals surface area contributed by atoms with Crippen molar-refractivity contribution in [1.82, 2.24) is 4.98 Å². The molecule has 0 aliphatic carbocycles. The number of nitrogens with zero attached hydrogens (tertiary/aromatic N) is 1. The molecule has 0 saturated heterocycles. The van der Waals surface area contributed by atoms with Crippen molar-refractivity contribution in [3.05, 3.63) is 29.1 Å². The fourth-order valence-electron chi connectivity index (χ4n) is 0.675. The SMILES string of the molecule is O=C(O)c1c(F)c(F)nc(F)c1F. The summed E-state index contributed by atoms with van der Waals surface area (Å²) in [6.07, 6.45) is 0. The zero-order valence-corrected chi connectivity index (χ0v) is 5.81. The second-order valence-corrected chi connectivity index (χ2v) is 2.00. The average molecular weight is 195 g/mol. The molecule has 0 spiro atoms. The summed E-state index contributed by atoms with van der Waals surface area (Å²) in [4.78, 5) is 12.3. The van der Waals surface area contributed by atoms with E-state index in [-0.39, 0.29) is 0 Å². The monoisotopic (exact) mass is 195 g/mol. The molecule has 1 heterocycles. The van der Waals surface area contributed by atoms with Crippen LogP contribution in [0.3, 0.4) is 0 Å². The van der Waals surface area contributed by atoms with Gasteiger partial charge in [-0.25, -0.2) is 13.6 Å². The second-order valence-electron chi connectivity index (χ2n) is 2.00. The average Bonchev–Trinajstić information content (AvgIpc) is 2.01. The van der Waals surface area contributed by atoms with Crippen molar-refractivity contribution >= 4 is 5.97 Å². The topological polar surface area (TPSA) is 50.2 Å². The van der Waals surface area contributed by atoms with E-state index in [4.69, 9.17) is 5.11 Å². The molecule has 0 aliphatic rings. The van der Waals surface area contributed by atoms with Gasteiger partial charge in [0.25, 0.3) is 11.9 Å². The van der Waals surface area contributed by atoms with Crippen molar-refractivity contribution < 1.29 is 27.5 Å². The highest BCUT2D eigenvalue weighted by Gasteiger charge is 2.25. The van der Waals surface area contributed by atoms with Gasteiger partial charge < -0.3 is 5.11 Å². The molecule has 1 aromatic heterocycles. The lowest BCUT2D eigenvalue weighted by molar-refractivity contribution is 0.0682. The summed E-state index contributed by atoms with van der Waals surface area (Å²) in [7, 11) is 0. The highest BCUT2D eigenvalue weighted by Crippen LogP contribution is 2.16. The molecular formula is C6HF4NO2. The van der Waals surface area contributed by atoms with E-state index in [2.05, 4.69) is 4.98 Å². The van der Waals surface area contributed by atoms with Crippen molar-refractivity contribution in [2.75, 3.05) is 0 Å². The summed E-state index contributed by atoms with van der Waals surface area (Å²) in [5.41, 5.74) is -1.69. The van der Waals surface area contributed by atoms with Crippen LogP contribution in [-0.2, 0) is 0 Å². The van der Waals surface area contributed by atoms with Crippen molar-refractivity contribution in [1.29, 1.82) is 0 Å². The third kappa shape index (κ3) is 1.44. The Morgan fingerprint density at radius 1 is 1.08 bits per heavy atom. The van der Waals surface area contributed by atoms with E-state index in [0.29, 0.717) is 0 Å². The molecule has 0 fully saturated rings. The Hall–Kier alpha value is -1.66. The zero-order chi connectivity index (χ0) is 10.2. The van der Waals surface area contributed by atoms with Crippen LogP contribution >= 0.6 is 0 Å². The first kappa shape index (κ1) is 9.43. The molecule has 0 aliphatic heterocycles. The van der Waals surface area contributed by atoms with Crippen LogP contribution in [0.1, 0.15) is 10.4 Å². The van der Waals surface area contributed by atoms with Gasteiger partial charge in [0.15, 0.2) is 11.6 Å². The lowest BCUT2D eigenvalue weighted by Crippen LogP contribution is -2.11. The number of carbonyl (C=O) groups is 1. The number of carboxylic acids is 1. The maximum Gasteiger partial charge on any atom is 0.342 e. The number of rotatable bonds is 1. The minimum atomic E-state index is -2.10. The van der Waals surface area contributed by atoms with Crippen LogP contribution in [0.15, 0.2) is 0 Å². The van der Waals surface area contributed by atoms with Gasteiger partial charge in [-0.3, -0.25) is 0 Å². The minimum absolute atomic E-state index is 1.69. The van der Waals surface area contributed by atoms with Gasteiger partial charge in [-0.2, -0.15) is 13.8 Å². The highest BCUT2D eigenvalue weighted by atomic mass is 19.2. The van der Waals surface area contributed by atoms with Crippen LogP contribution in [0.25, 0.3) is 0 Å². The largest absolute Gasteiger partial charge is 0.477 e. The van der Waals surface area contributed by atoms with Gasteiger partial charge in [0.2, 0.25) is 0 Å². The standard InChI is InChI=1S/C6HF4NO2/c7-2-1(6(12)13)3(8)5(10)11-4(2)9/h(H,12,13). The van der Waals surface area contributed by atoms with Gasteiger partial charge in [-0.1, -0.05) is 0 Å². The van der Waals surface area contributed by atoms with E-state index in [1.54, 1.807) is 0 Å². The summed E-state index contributed by atoms with van der Waals surface area (Å²) in [5.74, 6) is -10.1. The maximum absolute atomic E-state index is 12.5. The number of pyridine rings is 1.